The van der Waals surface area contributed by atoms with Crippen molar-refractivity contribution in [2.75, 3.05) is 0 Å². The highest BCUT2D eigenvalue weighted by Gasteiger charge is 2.21. The quantitative estimate of drug-likeness (QED) is 0.923. The number of oxazole rings is 1. The van der Waals surface area contributed by atoms with Gasteiger partial charge >= 0.3 is 6.01 Å². The smallest absolute Gasteiger partial charge is 0.323 e. The van der Waals surface area contributed by atoms with Gasteiger partial charge in [-0.3, -0.25) is 0 Å². The summed E-state index contributed by atoms with van der Waals surface area (Å²) in [4.78, 5) is 4.41. The van der Waals surface area contributed by atoms with Gasteiger partial charge in [-0.05, 0) is 26.7 Å². The minimum Gasteiger partial charge on any atom is -0.430 e. The van der Waals surface area contributed by atoms with Crippen LogP contribution in [-0.4, -0.2) is 20.8 Å². The van der Waals surface area contributed by atoms with Crippen LogP contribution in [0.4, 0.5) is 0 Å². The third-order valence-corrected chi connectivity index (χ3v) is 3.62. The average Bonchev–Trinajstić information content (AvgIpc) is 3.02. The Kier molecular flexibility index (Phi) is 2.87. The van der Waals surface area contributed by atoms with Gasteiger partial charge < -0.3 is 9.73 Å². The second kappa shape index (κ2) is 4.40. The van der Waals surface area contributed by atoms with Crippen molar-refractivity contribution in [2.24, 2.45) is 0 Å². The topological polar surface area (TPSA) is 55.9 Å². The lowest BCUT2D eigenvalue weighted by Crippen LogP contribution is -2.15. The lowest BCUT2D eigenvalue weighted by atomic mass is 10.4. The van der Waals surface area contributed by atoms with E-state index in [4.69, 9.17) is 16.0 Å². The molecule has 2 heterocycles. The Morgan fingerprint density at radius 3 is 2.89 bits per heavy atom. The Hall–Kier alpha value is -1.33. The van der Waals surface area contributed by atoms with E-state index in [-0.39, 0.29) is 0 Å². The van der Waals surface area contributed by atoms with Crippen molar-refractivity contribution in [3.05, 3.63) is 28.4 Å². The second-order valence-electron chi connectivity index (χ2n) is 4.67. The van der Waals surface area contributed by atoms with Gasteiger partial charge in [-0.2, -0.15) is 14.8 Å². The maximum Gasteiger partial charge on any atom is 0.323 e. The zero-order chi connectivity index (χ0) is 12.7. The fourth-order valence-corrected chi connectivity index (χ4v) is 1.94. The largest absolute Gasteiger partial charge is 0.430 e. The minimum absolute atomic E-state index is 0.468. The monoisotopic (exact) mass is 266 g/mol. The van der Waals surface area contributed by atoms with Crippen molar-refractivity contribution in [1.82, 2.24) is 20.1 Å². The van der Waals surface area contributed by atoms with Crippen molar-refractivity contribution in [3.8, 4) is 6.01 Å². The van der Waals surface area contributed by atoms with E-state index in [1.807, 2.05) is 13.8 Å². The van der Waals surface area contributed by atoms with Crippen LogP contribution in [0, 0.1) is 13.8 Å². The Morgan fingerprint density at radius 1 is 1.50 bits per heavy atom. The molecule has 18 heavy (non-hydrogen) atoms. The van der Waals surface area contributed by atoms with Crippen LogP contribution in [0.15, 0.2) is 10.7 Å². The lowest BCUT2D eigenvalue weighted by molar-refractivity contribution is 0.504. The van der Waals surface area contributed by atoms with E-state index in [1.54, 1.807) is 10.9 Å². The molecular formula is C12H15ClN4O. The molecule has 0 unspecified atom stereocenters. The van der Waals surface area contributed by atoms with Crippen LogP contribution >= 0.6 is 11.6 Å². The Balaban J connectivity index is 1.80. The molecule has 0 bridgehead atoms. The summed E-state index contributed by atoms with van der Waals surface area (Å²) in [5.41, 5.74) is 2.52. The zero-order valence-corrected chi connectivity index (χ0v) is 11.2. The number of rotatable bonds is 4. The van der Waals surface area contributed by atoms with Crippen molar-refractivity contribution in [1.29, 1.82) is 0 Å². The van der Waals surface area contributed by atoms with E-state index in [0.717, 1.165) is 23.6 Å². The first-order valence-electron chi connectivity index (χ1n) is 6.05. The first kappa shape index (κ1) is 11.7. The van der Waals surface area contributed by atoms with Gasteiger partial charge in [0, 0.05) is 12.6 Å². The van der Waals surface area contributed by atoms with Crippen LogP contribution in [0.25, 0.3) is 6.01 Å². The third-order valence-electron chi connectivity index (χ3n) is 3.07. The molecule has 1 N–H and O–H groups in total. The third kappa shape index (κ3) is 2.15. The summed E-state index contributed by atoms with van der Waals surface area (Å²) in [6.45, 7) is 4.50. The molecule has 0 atom stereocenters. The number of hydrogen-bond donors (Lipinski definition) is 1. The van der Waals surface area contributed by atoms with Crippen LogP contribution in [0.3, 0.4) is 0 Å². The second-order valence-corrected chi connectivity index (χ2v) is 5.05. The Labute approximate surface area is 110 Å². The summed E-state index contributed by atoms with van der Waals surface area (Å²) in [6, 6.07) is 1.13. The molecule has 2 aromatic heterocycles. The summed E-state index contributed by atoms with van der Waals surface area (Å²) in [7, 11) is 0. The Morgan fingerprint density at radius 2 is 2.28 bits per heavy atom. The fourth-order valence-electron chi connectivity index (χ4n) is 1.82. The molecule has 1 aliphatic carbocycles. The van der Waals surface area contributed by atoms with Gasteiger partial charge in [0.05, 0.1) is 22.1 Å². The molecule has 0 radical (unpaired) electrons. The number of hydrogen-bond acceptors (Lipinski definition) is 4. The predicted molar refractivity (Wildman–Crippen MR) is 68.0 cm³/mol. The highest BCUT2D eigenvalue weighted by atomic mass is 35.5. The van der Waals surface area contributed by atoms with Crippen molar-refractivity contribution >= 4 is 11.6 Å². The van der Waals surface area contributed by atoms with Gasteiger partial charge in [-0.15, -0.1) is 0 Å². The van der Waals surface area contributed by atoms with Gasteiger partial charge in [0.2, 0.25) is 0 Å². The standard InChI is InChI=1S/C12H15ClN4O/c1-7-11(13)8(2)17(16-7)12-15-10(6-18-12)5-14-9-3-4-9/h6,9,14H,3-5H2,1-2H3. The van der Waals surface area contributed by atoms with Crippen molar-refractivity contribution < 1.29 is 4.42 Å². The van der Waals surface area contributed by atoms with E-state index in [9.17, 15) is 0 Å². The number of aryl methyl sites for hydroxylation is 1. The van der Waals surface area contributed by atoms with Gasteiger partial charge in [-0.25, -0.2) is 0 Å². The molecule has 3 rings (SSSR count). The van der Waals surface area contributed by atoms with E-state index >= 15 is 0 Å². The number of nitrogens with one attached hydrogen (secondary N) is 1. The fraction of sp³-hybridized carbons (Fsp3) is 0.500. The highest BCUT2D eigenvalue weighted by Crippen LogP contribution is 2.22. The molecule has 1 saturated carbocycles. The summed E-state index contributed by atoms with van der Waals surface area (Å²) in [5, 5.41) is 8.36. The van der Waals surface area contributed by atoms with Crippen LogP contribution in [0.2, 0.25) is 5.02 Å². The molecule has 0 aliphatic heterocycles. The lowest BCUT2D eigenvalue weighted by Gasteiger charge is -1.97. The maximum atomic E-state index is 6.10. The maximum absolute atomic E-state index is 6.10. The van der Waals surface area contributed by atoms with Gasteiger partial charge in [0.15, 0.2) is 0 Å². The van der Waals surface area contributed by atoms with Gasteiger partial charge in [0.1, 0.15) is 6.26 Å². The number of halogens is 1. The SMILES string of the molecule is Cc1nn(-c2nc(CNC3CC3)co2)c(C)c1Cl. The summed E-state index contributed by atoms with van der Waals surface area (Å²) >= 11 is 6.10. The molecule has 6 heteroatoms. The van der Waals surface area contributed by atoms with E-state index in [1.165, 1.54) is 12.8 Å². The number of nitrogens with zero attached hydrogens (tertiary/aromatic N) is 3. The van der Waals surface area contributed by atoms with Crippen LogP contribution < -0.4 is 5.32 Å². The Bertz CT molecular complexity index is 571. The molecule has 0 saturated heterocycles. The summed E-state index contributed by atoms with van der Waals surface area (Å²) in [5.74, 6) is 0. The molecule has 0 amide bonds. The molecule has 1 aliphatic rings. The molecule has 2 aromatic rings. The molecule has 0 aromatic carbocycles. The summed E-state index contributed by atoms with van der Waals surface area (Å²) in [6.07, 6.45) is 4.19. The molecule has 5 nitrogen and oxygen atoms in total. The molecular weight excluding hydrogens is 252 g/mol. The minimum atomic E-state index is 0.468. The first-order chi connectivity index (χ1) is 8.65. The van der Waals surface area contributed by atoms with Crippen molar-refractivity contribution in [3.63, 3.8) is 0 Å². The molecule has 96 valence electrons. The highest BCUT2D eigenvalue weighted by molar-refractivity contribution is 6.31. The normalized spacial score (nSPS) is 15.3. The van der Waals surface area contributed by atoms with Crippen LogP contribution in [0.1, 0.15) is 29.9 Å². The zero-order valence-electron chi connectivity index (χ0n) is 10.4. The van der Waals surface area contributed by atoms with Crippen LogP contribution in [-0.2, 0) is 6.54 Å². The number of aromatic nitrogens is 3. The van der Waals surface area contributed by atoms with Gasteiger partial charge in [0.25, 0.3) is 0 Å². The predicted octanol–water partition coefficient (Wildman–Crippen LogP) is 2.38. The van der Waals surface area contributed by atoms with E-state index in [0.29, 0.717) is 17.1 Å². The average molecular weight is 267 g/mol. The van der Waals surface area contributed by atoms with Crippen LogP contribution in [0.5, 0.6) is 0 Å². The van der Waals surface area contributed by atoms with Crippen molar-refractivity contribution in [2.45, 2.75) is 39.3 Å². The molecule has 1 fully saturated rings. The molecule has 0 spiro atoms. The van der Waals surface area contributed by atoms with Gasteiger partial charge in [-0.1, -0.05) is 11.6 Å². The summed E-state index contributed by atoms with van der Waals surface area (Å²) < 4.78 is 7.08. The van der Waals surface area contributed by atoms with E-state index < -0.39 is 0 Å². The van der Waals surface area contributed by atoms with E-state index in [2.05, 4.69) is 15.4 Å². The first-order valence-corrected chi connectivity index (χ1v) is 6.43.